The standard InChI is InChI=1S/C14H25N5/c1-6-14(5,7-2)9(3)19-8-16-11-12(15)17-10(4)18-13(11)19/h8-9,11,13H,6-7H2,1-5H3,(H2,15,17,18)/t9-,11?,13?/m1/s1. The summed E-state index contributed by atoms with van der Waals surface area (Å²) in [5.41, 5.74) is 6.23. The molecule has 0 aromatic heterocycles. The van der Waals surface area contributed by atoms with Gasteiger partial charge < -0.3 is 10.6 Å². The Hall–Kier alpha value is -1.39. The van der Waals surface area contributed by atoms with Crippen LogP contribution in [-0.2, 0) is 0 Å². The first-order valence-electron chi connectivity index (χ1n) is 7.12. The van der Waals surface area contributed by atoms with E-state index in [0.29, 0.717) is 11.9 Å². The van der Waals surface area contributed by atoms with E-state index in [1.807, 2.05) is 13.3 Å². The van der Waals surface area contributed by atoms with E-state index in [1.54, 1.807) is 0 Å². The Labute approximate surface area is 115 Å². The summed E-state index contributed by atoms with van der Waals surface area (Å²) < 4.78 is 0. The third-order valence-corrected chi connectivity index (χ3v) is 4.93. The number of rotatable bonds is 4. The van der Waals surface area contributed by atoms with Crippen molar-refractivity contribution in [1.29, 1.82) is 0 Å². The van der Waals surface area contributed by atoms with Crippen molar-refractivity contribution in [3.63, 3.8) is 0 Å². The molecule has 0 saturated carbocycles. The first-order chi connectivity index (χ1) is 8.92. The van der Waals surface area contributed by atoms with E-state index in [4.69, 9.17) is 5.73 Å². The van der Waals surface area contributed by atoms with Crippen LogP contribution in [0.25, 0.3) is 0 Å². The summed E-state index contributed by atoms with van der Waals surface area (Å²) in [6.45, 7) is 11.0. The maximum Gasteiger partial charge on any atom is 0.154 e. The minimum Gasteiger partial charge on any atom is -0.385 e. The normalized spacial score (nSPS) is 27.9. The van der Waals surface area contributed by atoms with Crippen molar-refractivity contribution in [3.05, 3.63) is 0 Å². The molecule has 3 atom stereocenters. The molecule has 2 N–H and O–H groups in total. The highest BCUT2D eigenvalue weighted by molar-refractivity contribution is 6.01. The Morgan fingerprint density at radius 1 is 1.42 bits per heavy atom. The predicted octanol–water partition coefficient (Wildman–Crippen LogP) is 2.03. The fourth-order valence-corrected chi connectivity index (χ4v) is 2.83. The molecule has 0 spiro atoms. The lowest BCUT2D eigenvalue weighted by molar-refractivity contribution is 0.116. The molecule has 0 radical (unpaired) electrons. The van der Waals surface area contributed by atoms with Gasteiger partial charge in [-0.2, -0.15) is 0 Å². The molecule has 2 unspecified atom stereocenters. The van der Waals surface area contributed by atoms with Crippen LogP contribution in [0, 0.1) is 5.41 Å². The van der Waals surface area contributed by atoms with E-state index in [1.165, 1.54) is 0 Å². The second kappa shape index (κ2) is 4.94. The summed E-state index contributed by atoms with van der Waals surface area (Å²) in [4.78, 5) is 15.6. The van der Waals surface area contributed by atoms with Gasteiger partial charge in [0.1, 0.15) is 17.7 Å². The number of nitrogens with zero attached hydrogens (tertiary/aromatic N) is 4. The average Bonchev–Trinajstić information content (AvgIpc) is 2.80. The predicted molar refractivity (Wildman–Crippen MR) is 80.8 cm³/mol. The summed E-state index contributed by atoms with van der Waals surface area (Å²) in [7, 11) is 0. The summed E-state index contributed by atoms with van der Waals surface area (Å²) in [6.07, 6.45) is 4.18. The molecule has 0 aliphatic carbocycles. The number of amidine groups is 2. The molecular formula is C14H25N5. The maximum absolute atomic E-state index is 5.98. The number of aliphatic imine (C=N–C) groups is 3. The second-order valence-corrected chi connectivity index (χ2v) is 5.82. The number of hydrogen-bond donors (Lipinski definition) is 1. The smallest absolute Gasteiger partial charge is 0.154 e. The second-order valence-electron chi connectivity index (χ2n) is 5.82. The summed E-state index contributed by atoms with van der Waals surface area (Å²) in [5, 5.41) is 0. The maximum atomic E-state index is 5.98. The molecule has 19 heavy (non-hydrogen) atoms. The molecule has 2 rings (SSSR count). The quantitative estimate of drug-likeness (QED) is 0.843. The van der Waals surface area contributed by atoms with Crippen LogP contribution in [0.15, 0.2) is 15.0 Å². The van der Waals surface area contributed by atoms with E-state index in [-0.39, 0.29) is 17.6 Å². The van der Waals surface area contributed by atoms with Gasteiger partial charge in [0.15, 0.2) is 6.17 Å². The van der Waals surface area contributed by atoms with Crippen molar-refractivity contribution >= 4 is 18.0 Å². The highest BCUT2D eigenvalue weighted by Crippen LogP contribution is 2.35. The molecule has 5 nitrogen and oxygen atoms in total. The van der Waals surface area contributed by atoms with Crippen LogP contribution in [0.2, 0.25) is 0 Å². The van der Waals surface area contributed by atoms with E-state index in [0.717, 1.165) is 18.7 Å². The minimum absolute atomic E-state index is 0.00933. The number of nitrogens with two attached hydrogens (primary N) is 1. The molecule has 0 fully saturated rings. The van der Waals surface area contributed by atoms with Gasteiger partial charge in [0.2, 0.25) is 0 Å². The Balaban J connectivity index is 2.25. The Morgan fingerprint density at radius 3 is 2.63 bits per heavy atom. The third-order valence-electron chi connectivity index (χ3n) is 4.93. The van der Waals surface area contributed by atoms with E-state index < -0.39 is 0 Å². The highest BCUT2D eigenvalue weighted by Gasteiger charge is 2.42. The van der Waals surface area contributed by atoms with Gasteiger partial charge in [-0.3, -0.25) is 4.99 Å². The molecule has 0 amide bonds. The van der Waals surface area contributed by atoms with Gasteiger partial charge in [-0.15, -0.1) is 0 Å². The highest BCUT2D eigenvalue weighted by atomic mass is 15.4. The molecule has 2 aliphatic heterocycles. The molecule has 2 aliphatic rings. The SMILES string of the molecule is CCC(C)(CC)[C@@H](C)N1C=NC2C(N)=NC(C)=NC21. The molecule has 2 heterocycles. The summed E-state index contributed by atoms with van der Waals surface area (Å²) in [6, 6.07) is 0.271. The average molecular weight is 263 g/mol. The minimum atomic E-state index is -0.107. The molecule has 106 valence electrons. The number of hydrogen-bond acceptors (Lipinski definition) is 5. The van der Waals surface area contributed by atoms with Crippen LogP contribution < -0.4 is 5.73 Å². The topological polar surface area (TPSA) is 66.3 Å². The lowest BCUT2D eigenvalue weighted by atomic mass is 9.77. The Kier molecular flexibility index (Phi) is 3.65. The zero-order valence-electron chi connectivity index (χ0n) is 12.6. The van der Waals surface area contributed by atoms with Crippen molar-refractivity contribution in [2.45, 2.75) is 65.7 Å². The van der Waals surface area contributed by atoms with Gasteiger partial charge in [0.25, 0.3) is 0 Å². The van der Waals surface area contributed by atoms with Crippen LogP contribution in [0.4, 0.5) is 0 Å². The van der Waals surface area contributed by atoms with Gasteiger partial charge in [-0.25, -0.2) is 9.98 Å². The molecule has 0 saturated heterocycles. The van der Waals surface area contributed by atoms with Crippen molar-refractivity contribution in [3.8, 4) is 0 Å². The molecule has 0 bridgehead atoms. The van der Waals surface area contributed by atoms with Crippen molar-refractivity contribution in [1.82, 2.24) is 4.90 Å². The number of fused-ring (bicyclic) bond motifs is 1. The van der Waals surface area contributed by atoms with Crippen LogP contribution in [0.3, 0.4) is 0 Å². The van der Waals surface area contributed by atoms with Gasteiger partial charge in [0.05, 0.1) is 6.34 Å². The fourth-order valence-electron chi connectivity index (χ4n) is 2.83. The molecule has 5 heteroatoms. The summed E-state index contributed by atoms with van der Waals surface area (Å²) in [5.74, 6) is 1.33. The van der Waals surface area contributed by atoms with Gasteiger partial charge in [-0.1, -0.05) is 20.8 Å². The van der Waals surface area contributed by atoms with Crippen LogP contribution in [-0.4, -0.2) is 41.2 Å². The lowest BCUT2D eigenvalue weighted by Gasteiger charge is -2.42. The zero-order valence-corrected chi connectivity index (χ0v) is 12.6. The van der Waals surface area contributed by atoms with E-state index >= 15 is 0 Å². The van der Waals surface area contributed by atoms with Gasteiger partial charge in [-0.05, 0) is 32.1 Å². The van der Waals surface area contributed by atoms with Crippen molar-refractivity contribution in [2.24, 2.45) is 26.1 Å². The first kappa shape index (κ1) is 14.0. The van der Waals surface area contributed by atoms with Crippen molar-refractivity contribution < 1.29 is 0 Å². The van der Waals surface area contributed by atoms with E-state index in [2.05, 4.69) is 47.6 Å². The van der Waals surface area contributed by atoms with Crippen molar-refractivity contribution in [2.75, 3.05) is 0 Å². The largest absolute Gasteiger partial charge is 0.385 e. The molecular weight excluding hydrogens is 238 g/mol. The lowest BCUT2D eigenvalue weighted by Crippen LogP contribution is -2.51. The molecule has 0 aromatic rings. The Morgan fingerprint density at radius 2 is 2.05 bits per heavy atom. The van der Waals surface area contributed by atoms with Crippen LogP contribution in [0.5, 0.6) is 0 Å². The Bertz CT molecular complexity index is 433. The van der Waals surface area contributed by atoms with Crippen LogP contribution >= 0.6 is 0 Å². The third kappa shape index (κ3) is 2.26. The fraction of sp³-hybridized carbons (Fsp3) is 0.786. The van der Waals surface area contributed by atoms with Crippen LogP contribution in [0.1, 0.15) is 47.5 Å². The van der Waals surface area contributed by atoms with Gasteiger partial charge in [0, 0.05) is 6.04 Å². The molecule has 0 aromatic carbocycles. The zero-order chi connectivity index (χ0) is 14.2. The van der Waals surface area contributed by atoms with E-state index in [9.17, 15) is 0 Å². The first-order valence-corrected chi connectivity index (χ1v) is 7.12. The summed E-state index contributed by atoms with van der Waals surface area (Å²) >= 11 is 0. The monoisotopic (exact) mass is 263 g/mol. The van der Waals surface area contributed by atoms with Gasteiger partial charge >= 0.3 is 0 Å².